The first kappa shape index (κ1) is 19.4. The summed E-state index contributed by atoms with van der Waals surface area (Å²) in [5.41, 5.74) is 2.91. The average molecular weight is 431 g/mol. The van der Waals surface area contributed by atoms with Crippen LogP contribution in [0.3, 0.4) is 0 Å². The average Bonchev–Trinajstić information content (AvgIpc) is 2.72. The van der Waals surface area contributed by atoms with E-state index in [4.69, 9.17) is 4.74 Å². The van der Waals surface area contributed by atoms with Gasteiger partial charge < -0.3 is 20.3 Å². The van der Waals surface area contributed by atoms with Crippen molar-refractivity contribution >= 4 is 33.3 Å². The van der Waals surface area contributed by atoms with Gasteiger partial charge in [-0.1, -0.05) is 28.1 Å². The van der Waals surface area contributed by atoms with Gasteiger partial charge in [-0.05, 0) is 29.8 Å². The van der Waals surface area contributed by atoms with Gasteiger partial charge in [0.1, 0.15) is 5.82 Å². The zero-order valence-corrected chi connectivity index (χ0v) is 16.7. The number of halogens is 1. The Balaban J connectivity index is 1.66. The summed E-state index contributed by atoms with van der Waals surface area (Å²) >= 11 is 3.56. The predicted molar refractivity (Wildman–Crippen MR) is 111 cm³/mol. The van der Waals surface area contributed by atoms with Gasteiger partial charge >= 0.3 is 0 Å². The highest BCUT2D eigenvalue weighted by atomic mass is 79.9. The molecule has 2 aromatic rings. The molecule has 1 aliphatic heterocycles. The van der Waals surface area contributed by atoms with Crippen LogP contribution in [0, 0.1) is 0 Å². The summed E-state index contributed by atoms with van der Waals surface area (Å²) in [7, 11) is 0. The highest BCUT2D eigenvalue weighted by molar-refractivity contribution is 9.10. The lowest BCUT2D eigenvalue weighted by molar-refractivity contribution is 0.0957. The molecule has 6 nitrogen and oxygen atoms in total. The number of pyridine rings is 1. The van der Waals surface area contributed by atoms with Crippen LogP contribution in [0.1, 0.15) is 15.9 Å². The van der Waals surface area contributed by atoms with E-state index < -0.39 is 0 Å². The molecule has 0 radical (unpaired) electrons. The van der Waals surface area contributed by atoms with Gasteiger partial charge in [-0.3, -0.25) is 4.79 Å². The number of carbonyl (C=O) groups excluding carboxylic acids is 1. The molecule has 0 spiro atoms. The van der Waals surface area contributed by atoms with Crippen molar-refractivity contribution in [3.63, 3.8) is 0 Å². The lowest BCUT2D eigenvalue weighted by Gasteiger charge is -2.31. The molecule has 1 fully saturated rings. The third-order valence-corrected chi connectivity index (χ3v) is 4.78. The number of amides is 1. The van der Waals surface area contributed by atoms with Crippen molar-refractivity contribution in [1.82, 2.24) is 10.3 Å². The maximum absolute atomic E-state index is 11.9. The summed E-state index contributed by atoms with van der Waals surface area (Å²) in [6.07, 6.45) is 3.22. The molecule has 27 heavy (non-hydrogen) atoms. The Morgan fingerprint density at radius 1 is 1.30 bits per heavy atom. The van der Waals surface area contributed by atoms with Crippen molar-refractivity contribution in [2.24, 2.45) is 0 Å². The monoisotopic (exact) mass is 430 g/mol. The number of hydrogen-bond donors (Lipinski definition) is 2. The Hall–Kier alpha value is -2.38. The van der Waals surface area contributed by atoms with Gasteiger partial charge in [0.15, 0.2) is 0 Å². The zero-order valence-electron chi connectivity index (χ0n) is 15.1. The molecule has 0 bridgehead atoms. The van der Waals surface area contributed by atoms with E-state index in [0.29, 0.717) is 18.7 Å². The summed E-state index contributed by atoms with van der Waals surface area (Å²) in [5.74, 6) is 0.572. The molecule has 142 valence electrons. The van der Waals surface area contributed by atoms with E-state index in [9.17, 15) is 4.79 Å². The van der Waals surface area contributed by atoms with E-state index in [-0.39, 0.29) is 5.91 Å². The largest absolute Gasteiger partial charge is 0.378 e. The third kappa shape index (κ3) is 5.30. The molecule has 1 aliphatic rings. The normalized spacial score (nSPS) is 13.9. The molecule has 7 heteroatoms. The van der Waals surface area contributed by atoms with Crippen LogP contribution in [0.5, 0.6) is 0 Å². The molecular weight excluding hydrogens is 408 g/mol. The minimum absolute atomic E-state index is 0.156. The second-order valence-electron chi connectivity index (χ2n) is 6.16. The van der Waals surface area contributed by atoms with Crippen LogP contribution in [0.15, 0.2) is 53.7 Å². The number of carbonyl (C=O) groups is 1. The number of aromatic nitrogens is 1. The first-order valence-corrected chi connectivity index (χ1v) is 9.67. The second kappa shape index (κ2) is 9.53. The third-order valence-electron chi connectivity index (χ3n) is 4.29. The van der Waals surface area contributed by atoms with E-state index in [0.717, 1.165) is 36.6 Å². The van der Waals surface area contributed by atoms with Crippen molar-refractivity contribution < 1.29 is 9.53 Å². The molecule has 1 aromatic carbocycles. The molecular formula is C20H23BrN4O2. The lowest BCUT2D eigenvalue weighted by atomic mass is 10.1. The van der Waals surface area contributed by atoms with E-state index in [1.165, 1.54) is 11.3 Å². The van der Waals surface area contributed by atoms with Crippen LogP contribution < -0.4 is 15.5 Å². The minimum Gasteiger partial charge on any atom is -0.378 e. The highest BCUT2D eigenvalue weighted by Crippen LogP contribution is 2.26. The summed E-state index contributed by atoms with van der Waals surface area (Å²) in [6.45, 7) is 7.93. The molecule has 0 aliphatic carbocycles. The predicted octanol–water partition coefficient (Wildman–Crippen LogP) is 3.21. The van der Waals surface area contributed by atoms with E-state index in [1.807, 2.05) is 12.1 Å². The fourth-order valence-corrected chi connectivity index (χ4v) is 3.22. The number of anilines is 2. The SMILES string of the molecule is C=CCNC(=O)c1ccc(NCc2ccc(Br)cc2N2CCOCC2)nc1. The first-order valence-electron chi connectivity index (χ1n) is 8.87. The van der Waals surface area contributed by atoms with Crippen LogP contribution >= 0.6 is 15.9 Å². The molecule has 1 aromatic heterocycles. The molecule has 0 unspecified atom stereocenters. The van der Waals surface area contributed by atoms with E-state index in [1.54, 1.807) is 18.3 Å². The summed E-state index contributed by atoms with van der Waals surface area (Å²) in [4.78, 5) is 18.6. The Morgan fingerprint density at radius 3 is 2.81 bits per heavy atom. The van der Waals surface area contributed by atoms with Crippen molar-refractivity contribution in [1.29, 1.82) is 0 Å². The topological polar surface area (TPSA) is 66.5 Å². The standard InChI is InChI=1S/C20H23BrN4O2/c1-2-7-22-20(26)16-4-6-19(24-14-16)23-13-15-3-5-17(21)12-18(15)25-8-10-27-11-9-25/h2-6,12,14H,1,7-11,13H2,(H,22,26)(H,23,24). The van der Waals surface area contributed by atoms with Crippen LogP contribution in [0.2, 0.25) is 0 Å². The van der Waals surface area contributed by atoms with Crippen molar-refractivity contribution in [2.45, 2.75) is 6.54 Å². The quantitative estimate of drug-likeness (QED) is 0.660. The molecule has 0 atom stereocenters. The number of ether oxygens (including phenoxy) is 1. The van der Waals surface area contributed by atoms with Gasteiger partial charge in [0.25, 0.3) is 5.91 Å². The maximum atomic E-state index is 11.9. The van der Waals surface area contributed by atoms with E-state index >= 15 is 0 Å². The number of rotatable bonds is 7. The summed E-state index contributed by atoms with van der Waals surface area (Å²) in [5, 5.41) is 6.07. The first-order chi connectivity index (χ1) is 13.2. The fraction of sp³-hybridized carbons (Fsp3) is 0.300. The summed E-state index contributed by atoms with van der Waals surface area (Å²) < 4.78 is 6.51. The number of nitrogens with zero attached hydrogens (tertiary/aromatic N) is 2. The Morgan fingerprint density at radius 2 is 2.11 bits per heavy atom. The van der Waals surface area contributed by atoms with Crippen molar-refractivity contribution in [2.75, 3.05) is 43.1 Å². The van der Waals surface area contributed by atoms with Crippen LogP contribution in [-0.4, -0.2) is 43.7 Å². The molecule has 2 heterocycles. The fourth-order valence-electron chi connectivity index (χ4n) is 2.87. The Labute approximate surface area is 167 Å². The van der Waals surface area contributed by atoms with Crippen molar-refractivity contribution in [3.05, 3.63) is 64.8 Å². The van der Waals surface area contributed by atoms with Crippen molar-refractivity contribution in [3.8, 4) is 0 Å². The van der Waals surface area contributed by atoms with Gasteiger partial charge in [0, 0.05) is 42.5 Å². The van der Waals surface area contributed by atoms with Gasteiger partial charge in [-0.25, -0.2) is 4.98 Å². The number of morpholine rings is 1. The van der Waals surface area contributed by atoms with Crippen LogP contribution in [0.25, 0.3) is 0 Å². The Bertz CT molecular complexity index is 789. The summed E-state index contributed by atoms with van der Waals surface area (Å²) in [6, 6.07) is 9.87. The van der Waals surface area contributed by atoms with Gasteiger partial charge in [-0.2, -0.15) is 0 Å². The van der Waals surface area contributed by atoms with Crippen LogP contribution in [0.4, 0.5) is 11.5 Å². The zero-order chi connectivity index (χ0) is 19.1. The van der Waals surface area contributed by atoms with Crippen LogP contribution in [-0.2, 0) is 11.3 Å². The molecule has 1 amide bonds. The smallest absolute Gasteiger partial charge is 0.253 e. The molecule has 0 saturated carbocycles. The van der Waals surface area contributed by atoms with Gasteiger partial charge in [0.2, 0.25) is 0 Å². The molecule has 1 saturated heterocycles. The van der Waals surface area contributed by atoms with Gasteiger partial charge in [-0.15, -0.1) is 6.58 Å². The highest BCUT2D eigenvalue weighted by Gasteiger charge is 2.15. The lowest BCUT2D eigenvalue weighted by Crippen LogP contribution is -2.36. The minimum atomic E-state index is -0.156. The second-order valence-corrected chi connectivity index (χ2v) is 7.07. The molecule has 2 N–H and O–H groups in total. The Kier molecular flexibility index (Phi) is 6.84. The maximum Gasteiger partial charge on any atom is 0.253 e. The number of nitrogens with one attached hydrogen (secondary N) is 2. The number of hydrogen-bond acceptors (Lipinski definition) is 5. The number of benzene rings is 1. The van der Waals surface area contributed by atoms with E-state index in [2.05, 4.69) is 55.2 Å². The molecule has 3 rings (SSSR count). The van der Waals surface area contributed by atoms with Gasteiger partial charge in [0.05, 0.1) is 18.8 Å².